The van der Waals surface area contributed by atoms with Gasteiger partial charge in [-0.15, -0.1) is 11.8 Å². The first-order chi connectivity index (χ1) is 7.84. The van der Waals surface area contributed by atoms with E-state index in [1.807, 2.05) is 6.92 Å². The average molecular weight is 261 g/mol. The molecule has 0 aliphatic heterocycles. The van der Waals surface area contributed by atoms with Gasteiger partial charge >= 0.3 is 0 Å². The molecule has 0 saturated heterocycles. The molecule has 17 heavy (non-hydrogen) atoms. The maximum absolute atomic E-state index is 13.0. The third-order valence-corrected chi connectivity index (χ3v) is 3.44. The van der Waals surface area contributed by atoms with E-state index in [4.69, 9.17) is 10.8 Å². The quantitative estimate of drug-likeness (QED) is 0.801. The van der Waals surface area contributed by atoms with Crippen molar-refractivity contribution in [2.75, 3.05) is 6.61 Å². The van der Waals surface area contributed by atoms with E-state index in [2.05, 4.69) is 0 Å². The normalized spacial score (nSPS) is 16.6. The Morgan fingerprint density at radius 2 is 2.06 bits per heavy atom. The topological polar surface area (TPSA) is 46.2 Å². The van der Waals surface area contributed by atoms with Crippen LogP contribution in [-0.4, -0.2) is 22.5 Å². The van der Waals surface area contributed by atoms with Gasteiger partial charge in [0.1, 0.15) is 0 Å². The number of hydrogen-bond acceptors (Lipinski definition) is 3. The van der Waals surface area contributed by atoms with Crippen LogP contribution in [0.25, 0.3) is 0 Å². The number of nitrogens with two attached hydrogens (primary N) is 1. The van der Waals surface area contributed by atoms with Gasteiger partial charge in [-0.1, -0.05) is 6.92 Å². The molecule has 96 valence electrons. The Balaban J connectivity index is 2.62. The lowest BCUT2D eigenvalue weighted by Crippen LogP contribution is -2.42. The van der Waals surface area contributed by atoms with Crippen molar-refractivity contribution in [2.24, 2.45) is 5.73 Å². The molecule has 1 aromatic carbocycles. The van der Waals surface area contributed by atoms with E-state index in [1.54, 1.807) is 6.92 Å². The molecule has 0 aliphatic carbocycles. The van der Waals surface area contributed by atoms with Gasteiger partial charge in [0.15, 0.2) is 11.6 Å². The Labute approximate surface area is 104 Å². The number of aliphatic hydroxyl groups is 1. The van der Waals surface area contributed by atoms with Gasteiger partial charge in [0.2, 0.25) is 0 Å². The molecule has 3 N–H and O–H groups in total. The fourth-order valence-electron chi connectivity index (χ4n) is 1.55. The molecule has 2 nitrogen and oxygen atoms in total. The number of benzene rings is 1. The first-order valence-electron chi connectivity index (χ1n) is 5.35. The van der Waals surface area contributed by atoms with Gasteiger partial charge in [-0.3, -0.25) is 0 Å². The van der Waals surface area contributed by atoms with E-state index in [1.165, 1.54) is 23.9 Å². The molecule has 0 aromatic heterocycles. The molecule has 0 amide bonds. The van der Waals surface area contributed by atoms with E-state index in [0.717, 1.165) is 6.07 Å². The zero-order chi connectivity index (χ0) is 13.1. The zero-order valence-electron chi connectivity index (χ0n) is 9.91. The number of aliphatic hydroxyl groups excluding tert-OH is 1. The Kier molecular flexibility index (Phi) is 4.91. The molecule has 0 bridgehead atoms. The van der Waals surface area contributed by atoms with Gasteiger partial charge in [0, 0.05) is 15.7 Å². The van der Waals surface area contributed by atoms with Crippen LogP contribution >= 0.6 is 11.8 Å². The SMILES string of the molecule is CC(CC(C)(N)CO)Sc1ccc(F)c(F)c1. The van der Waals surface area contributed by atoms with Crippen LogP contribution in [0.2, 0.25) is 0 Å². The van der Waals surface area contributed by atoms with Crippen LogP contribution in [0, 0.1) is 11.6 Å². The van der Waals surface area contributed by atoms with Crippen molar-refractivity contribution in [3.8, 4) is 0 Å². The number of halogens is 2. The minimum absolute atomic E-state index is 0.102. The van der Waals surface area contributed by atoms with Gasteiger partial charge in [-0.25, -0.2) is 8.78 Å². The predicted molar refractivity (Wildman–Crippen MR) is 66.0 cm³/mol. The number of rotatable bonds is 5. The lowest BCUT2D eigenvalue weighted by Gasteiger charge is -2.25. The van der Waals surface area contributed by atoms with Crippen LogP contribution in [0.15, 0.2) is 23.1 Å². The van der Waals surface area contributed by atoms with Crippen LogP contribution in [0.4, 0.5) is 8.78 Å². The predicted octanol–water partition coefficient (Wildman–Crippen LogP) is 2.55. The van der Waals surface area contributed by atoms with Crippen LogP contribution in [0.1, 0.15) is 20.3 Å². The zero-order valence-corrected chi connectivity index (χ0v) is 10.7. The highest BCUT2D eigenvalue weighted by atomic mass is 32.2. The first-order valence-corrected chi connectivity index (χ1v) is 6.23. The van der Waals surface area contributed by atoms with E-state index >= 15 is 0 Å². The summed E-state index contributed by atoms with van der Waals surface area (Å²) in [6, 6.07) is 3.81. The van der Waals surface area contributed by atoms with E-state index in [9.17, 15) is 8.78 Å². The van der Waals surface area contributed by atoms with Gasteiger partial charge in [0.05, 0.1) is 6.61 Å². The molecule has 2 atom stereocenters. The van der Waals surface area contributed by atoms with Gasteiger partial charge < -0.3 is 10.8 Å². The summed E-state index contributed by atoms with van der Waals surface area (Å²) in [5, 5.41) is 9.16. The van der Waals surface area contributed by atoms with Crippen molar-refractivity contribution in [1.82, 2.24) is 0 Å². The smallest absolute Gasteiger partial charge is 0.159 e. The summed E-state index contributed by atoms with van der Waals surface area (Å²) < 4.78 is 25.7. The summed E-state index contributed by atoms with van der Waals surface area (Å²) in [5.41, 5.74) is 5.18. The highest BCUT2D eigenvalue weighted by molar-refractivity contribution is 7.99. The summed E-state index contributed by atoms with van der Waals surface area (Å²) in [6.45, 7) is 3.59. The Morgan fingerprint density at radius 1 is 1.41 bits per heavy atom. The lowest BCUT2D eigenvalue weighted by atomic mass is 9.99. The lowest BCUT2D eigenvalue weighted by molar-refractivity contribution is 0.201. The summed E-state index contributed by atoms with van der Waals surface area (Å²) in [7, 11) is 0. The van der Waals surface area contributed by atoms with Crippen molar-refractivity contribution in [3.05, 3.63) is 29.8 Å². The first kappa shape index (κ1) is 14.4. The van der Waals surface area contributed by atoms with Gasteiger partial charge in [0.25, 0.3) is 0 Å². The minimum atomic E-state index is -0.847. The molecule has 0 fully saturated rings. The van der Waals surface area contributed by atoms with E-state index in [-0.39, 0.29) is 11.9 Å². The monoisotopic (exact) mass is 261 g/mol. The molecule has 0 saturated carbocycles. The second kappa shape index (κ2) is 5.80. The molecule has 0 spiro atoms. The fraction of sp³-hybridized carbons (Fsp3) is 0.500. The van der Waals surface area contributed by atoms with Gasteiger partial charge in [-0.2, -0.15) is 0 Å². The number of thioether (sulfide) groups is 1. The highest BCUT2D eigenvalue weighted by Gasteiger charge is 2.21. The number of hydrogen-bond donors (Lipinski definition) is 2. The standard InChI is InChI=1S/C12H17F2NOS/c1-8(6-12(2,15)7-16)17-9-3-4-10(13)11(14)5-9/h3-5,8,16H,6-7,15H2,1-2H3. The molecule has 5 heteroatoms. The van der Waals surface area contributed by atoms with E-state index < -0.39 is 17.2 Å². The van der Waals surface area contributed by atoms with Gasteiger partial charge in [-0.05, 0) is 31.5 Å². The van der Waals surface area contributed by atoms with Crippen LogP contribution in [0.5, 0.6) is 0 Å². The minimum Gasteiger partial charge on any atom is -0.394 e. The average Bonchev–Trinajstić information content (AvgIpc) is 2.23. The molecule has 1 rings (SSSR count). The molecule has 0 radical (unpaired) electrons. The second-order valence-electron chi connectivity index (χ2n) is 4.52. The Bertz CT molecular complexity index is 385. The summed E-state index contributed by atoms with van der Waals surface area (Å²) in [4.78, 5) is 0.658. The molecule has 0 heterocycles. The van der Waals surface area contributed by atoms with Crippen molar-refractivity contribution in [1.29, 1.82) is 0 Å². The Hall–Kier alpha value is -0.650. The maximum atomic E-state index is 13.0. The summed E-state index contributed by atoms with van der Waals surface area (Å²) in [6.07, 6.45) is 0.590. The van der Waals surface area contributed by atoms with E-state index in [0.29, 0.717) is 11.3 Å². The largest absolute Gasteiger partial charge is 0.394 e. The maximum Gasteiger partial charge on any atom is 0.159 e. The molecular weight excluding hydrogens is 244 g/mol. The molecule has 0 aliphatic rings. The molecule has 2 unspecified atom stereocenters. The van der Waals surface area contributed by atoms with Crippen LogP contribution < -0.4 is 5.73 Å². The summed E-state index contributed by atoms with van der Waals surface area (Å²) >= 11 is 1.41. The highest BCUT2D eigenvalue weighted by Crippen LogP contribution is 2.28. The second-order valence-corrected chi connectivity index (χ2v) is 6.03. The van der Waals surface area contributed by atoms with Crippen molar-refractivity contribution in [3.63, 3.8) is 0 Å². The van der Waals surface area contributed by atoms with Crippen molar-refractivity contribution < 1.29 is 13.9 Å². The van der Waals surface area contributed by atoms with Crippen LogP contribution in [-0.2, 0) is 0 Å². The molecular formula is C12H17F2NOS. The third kappa shape index (κ3) is 4.61. The fourth-order valence-corrected chi connectivity index (χ4v) is 2.79. The Morgan fingerprint density at radius 3 is 2.59 bits per heavy atom. The third-order valence-electron chi connectivity index (χ3n) is 2.34. The van der Waals surface area contributed by atoms with Crippen LogP contribution in [0.3, 0.4) is 0 Å². The van der Waals surface area contributed by atoms with Crippen molar-refractivity contribution in [2.45, 2.75) is 36.0 Å². The van der Waals surface area contributed by atoms with Crippen molar-refractivity contribution >= 4 is 11.8 Å². The summed E-state index contributed by atoms with van der Waals surface area (Å²) in [5.74, 6) is -1.69. The molecule has 1 aromatic rings.